The topological polar surface area (TPSA) is 28.2 Å². The Morgan fingerprint density at radius 3 is 3.00 bits per heavy atom. The molecule has 0 saturated carbocycles. The molecule has 2 heterocycles. The van der Waals surface area contributed by atoms with E-state index in [1.54, 1.807) is 0 Å². The van der Waals surface area contributed by atoms with Gasteiger partial charge in [-0.15, -0.1) is 0 Å². The average Bonchev–Trinajstić information content (AvgIpc) is 2.30. The molecule has 0 unspecified atom stereocenters. The van der Waals surface area contributed by atoms with Crippen molar-refractivity contribution in [1.29, 1.82) is 0 Å². The van der Waals surface area contributed by atoms with Crippen LogP contribution >= 0.6 is 0 Å². The second kappa shape index (κ2) is 4.93. The van der Waals surface area contributed by atoms with Crippen LogP contribution in [0.1, 0.15) is 29.4 Å². The van der Waals surface area contributed by atoms with Gasteiger partial charge in [0.25, 0.3) is 0 Å². The van der Waals surface area contributed by atoms with Gasteiger partial charge in [-0.05, 0) is 37.7 Å². The van der Waals surface area contributed by atoms with E-state index in [1.807, 2.05) is 7.05 Å². The van der Waals surface area contributed by atoms with E-state index in [1.165, 1.54) is 22.5 Å². The van der Waals surface area contributed by atoms with Crippen molar-refractivity contribution in [1.82, 2.24) is 15.2 Å². The van der Waals surface area contributed by atoms with Crippen LogP contribution in [0.5, 0.6) is 0 Å². The highest BCUT2D eigenvalue weighted by Gasteiger charge is 2.17. The van der Waals surface area contributed by atoms with Gasteiger partial charge in [-0.1, -0.05) is 6.92 Å². The molecule has 16 heavy (non-hydrogen) atoms. The van der Waals surface area contributed by atoms with Gasteiger partial charge in [-0.25, -0.2) is 0 Å². The van der Waals surface area contributed by atoms with E-state index in [-0.39, 0.29) is 0 Å². The zero-order valence-electron chi connectivity index (χ0n) is 10.5. The molecule has 2 rings (SSSR count). The Balaban J connectivity index is 2.28. The van der Waals surface area contributed by atoms with Crippen molar-refractivity contribution in [3.8, 4) is 0 Å². The quantitative estimate of drug-likeness (QED) is 0.835. The van der Waals surface area contributed by atoms with Gasteiger partial charge in [-0.3, -0.25) is 9.88 Å². The van der Waals surface area contributed by atoms with Crippen LogP contribution in [0.25, 0.3) is 0 Å². The Morgan fingerprint density at radius 1 is 1.50 bits per heavy atom. The number of nitrogens with one attached hydrogen (secondary N) is 1. The Morgan fingerprint density at radius 2 is 2.31 bits per heavy atom. The molecule has 0 atom stereocenters. The molecule has 1 aliphatic heterocycles. The molecule has 1 N–H and O–H groups in total. The van der Waals surface area contributed by atoms with Crippen molar-refractivity contribution in [3.05, 3.63) is 28.6 Å². The zero-order chi connectivity index (χ0) is 11.5. The lowest BCUT2D eigenvalue weighted by Gasteiger charge is -2.27. The van der Waals surface area contributed by atoms with Gasteiger partial charge in [0.2, 0.25) is 0 Å². The van der Waals surface area contributed by atoms with E-state index in [4.69, 9.17) is 4.98 Å². The van der Waals surface area contributed by atoms with Crippen LogP contribution in [0.2, 0.25) is 0 Å². The summed E-state index contributed by atoms with van der Waals surface area (Å²) in [6.45, 7) is 8.60. The zero-order valence-corrected chi connectivity index (χ0v) is 10.5. The van der Waals surface area contributed by atoms with E-state index in [0.29, 0.717) is 0 Å². The predicted molar refractivity (Wildman–Crippen MR) is 66.4 cm³/mol. The van der Waals surface area contributed by atoms with Crippen LogP contribution < -0.4 is 5.32 Å². The number of nitrogens with zero attached hydrogens (tertiary/aromatic N) is 2. The molecule has 1 aliphatic rings. The van der Waals surface area contributed by atoms with Gasteiger partial charge in [0.1, 0.15) is 0 Å². The maximum absolute atomic E-state index is 4.73. The number of hydrogen-bond donors (Lipinski definition) is 1. The third-order valence-corrected chi connectivity index (χ3v) is 3.36. The highest BCUT2D eigenvalue weighted by Crippen LogP contribution is 2.20. The second-order valence-corrected chi connectivity index (χ2v) is 4.49. The van der Waals surface area contributed by atoms with Crippen molar-refractivity contribution in [3.63, 3.8) is 0 Å². The molecule has 0 amide bonds. The van der Waals surface area contributed by atoms with Crippen molar-refractivity contribution in [2.24, 2.45) is 0 Å². The summed E-state index contributed by atoms with van der Waals surface area (Å²) in [6.07, 6.45) is 1.10. The van der Waals surface area contributed by atoms with Crippen molar-refractivity contribution in [2.45, 2.75) is 33.4 Å². The summed E-state index contributed by atoms with van der Waals surface area (Å²) in [5.41, 5.74) is 5.24. The first-order valence-electron chi connectivity index (χ1n) is 6.09. The lowest BCUT2D eigenvalue weighted by atomic mass is 10.0. The molecule has 88 valence electrons. The Bertz CT molecular complexity index is 374. The maximum atomic E-state index is 4.73. The largest absolute Gasteiger partial charge is 0.316 e. The molecule has 0 saturated heterocycles. The molecule has 0 radical (unpaired) electrons. The van der Waals surface area contributed by atoms with E-state index in [2.05, 4.69) is 30.1 Å². The highest BCUT2D eigenvalue weighted by molar-refractivity contribution is 5.31. The minimum Gasteiger partial charge on any atom is -0.316 e. The number of likely N-dealkylation sites (N-methyl/N-ethyl adjacent to an activating group) is 1. The third-order valence-electron chi connectivity index (χ3n) is 3.36. The molecule has 0 aromatic carbocycles. The van der Waals surface area contributed by atoms with Gasteiger partial charge in [0.15, 0.2) is 0 Å². The Labute approximate surface area is 97.9 Å². The molecule has 3 nitrogen and oxygen atoms in total. The van der Waals surface area contributed by atoms with Crippen LogP contribution in [0, 0.1) is 6.92 Å². The molecule has 3 heteroatoms. The highest BCUT2D eigenvalue weighted by atomic mass is 15.1. The first-order valence-corrected chi connectivity index (χ1v) is 6.09. The summed E-state index contributed by atoms with van der Waals surface area (Å²) < 4.78 is 0. The fourth-order valence-electron chi connectivity index (χ4n) is 2.32. The van der Waals surface area contributed by atoms with E-state index < -0.39 is 0 Å². The average molecular weight is 219 g/mol. The van der Waals surface area contributed by atoms with Gasteiger partial charge in [0.05, 0.1) is 0 Å². The fourth-order valence-corrected chi connectivity index (χ4v) is 2.32. The molecule has 0 spiro atoms. The summed E-state index contributed by atoms with van der Waals surface area (Å²) in [6, 6.07) is 2.33. The molecular weight excluding hydrogens is 198 g/mol. The van der Waals surface area contributed by atoms with Gasteiger partial charge >= 0.3 is 0 Å². The van der Waals surface area contributed by atoms with Crippen molar-refractivity contribution in [2.75, 3.05) is 20.1 Å². The van der Waals surface area contributed by atoms with Crippen LogP contribution in [-0.4, -0.2) is 30.0 Å². The smallest absolute Gasteiger partial charge is 0.0464 e. The van der Waals surface area contributed by atoms with E-state index in [9.17, 15) is 0 Å². The first-order chi connectivity index (χ1) is 7.74. The number of aryl methyl sites for hydroxylation is 1. The molecular formula is C13H21N3. The molecule has 1 aromatic heterocycles. The van der Waals surface area contributed by atoms with Crippen molar-refractivity contribution < 1.29 is 0 Å². The van der Waals surface area contributed by atoms with Gasteiger partial charge < -0.3 is 5.32 Å². The standard InChI is InChI=1S/C13H21N3/c1-4-16-6-5-13-12(9-16)7-11(8-14-3)10(2)15-13/h7,14H,4-6,8-9H2,1-3H3. The minimum atomic E-state index is 0.915. The molecule has 1 aromatic rings. The van der Waals surface area contributed by atoms with E-state index >= 15 is 0 Å². The summed E-state index contributed by atoms with van der Waals surface area (Å²) in [5, 5.41) is 3.20. The first kappa shape index (κ1) is 11.6. The molecule has 0 fully saturated rings. The Kier molecular flexibility index (Phi) is 3.56. The van der Waals surface area contributed by atoms with Crippen LogP contribution in [0.3, 0.4) is 0 Å². The van der Waals surface area contributed by atoms with Crippen LogP contribution in [0.15, 0.2) is 6.07 Å². The summed E-state index contributed by atoms with van der Waals surface area (Å²) in [5.74, 6) is 0. The number of fused-ring (bicyclic) bond motifs is 1. The van der Waals surface area contributed by atoms with E-state index in [0.717, 1.165) is 32.6 Å². The number of rotatable bonds is 3. The number of aromatic nitrogens is 1. The predicted octanol–water partition coefficient (Wildman–Crippen LogP) is 1.49. The van der Waals surface area contributed by atoms with Crippen molar-refractivity contribution >= 4 is 0 Å². The van der Waals surface area contributed by atoms with Crippen LogP contribution in [-0.2, 0) is 19.5 Å². The van der Waals surface area contributed by atoms with Gasteiger partial charge in [-0.2, -0.15) is 0 Å². The number of hydrogen-bond acceptors (Lipinski definition) is 3. The van der Waals surface area contributed by atoms with Crippen LogP contribution in [0.4, 0.5) is 0 Å². The lowest BCUT2D eigenvalue weighted by molar-refractivity contribution is 0.265. The summed E-state index contributed by atoms with van der Waals surface area (Å²) in [7, 11) is 1.98. The maximum Gasteiger partial charge on any atom is 0.0464 e. The summed E-state index contributed by atoms with van der Waals surface area (Å²) >= 11 is 0. The molecule has 0 aliphatic carbocycles. The Hall–Kier alpha value is -0.930. The third kappa shape index (κ3) is 2.25. The molecule has 0 bridgehead atoms. The normalized spacial score (nSPS) is 16.2. The second-order valence-electron chi connectivity index (χ2n) is 4.49. The fraction of sp³-hybridized carbons (Fsp3) is 0.615. The number of pyridine rings is 1. The van der Waals surface area contributed by atoms with Gasteiger partial charge in [0, 0.05) is 37.4 Å². The monoisotopic (exact) mass is 219 g/mol. The summed E-state index contributed by atoms with van der Waals surface area (Å²) in [4.78, 5) is 7.21. The minimum absolute atomic E-state index is 0.915. The SMILES string of the molecule is CCN1CCc2nc(C)c(CNC)cc2C1. The lowest BCUT2D eigenvalue weighted by Crippen LogP contribution is -2.31.